The van der Waals surface area contributed by atoms with Gasteiger partial charge in [0.05, 0.1) is 18.2 Å². The van der Waals surface area contributed by atoms with Gasteiger partial charge in [0.15, 0.2) is 5.82 Å². The van der Waals surface area contributed by atoms with E-state index in [1.807, 2.05) is 32.9 Å². The molecule has 2 N–H and O–H groups in total. The van der Waals surface area contributed by atoms with Crippen LogP contribution in [-0.4, -0.2) is 58.4 Å². The number of hydrogen-bond donors (Lipinski definition) is 2. The highest BCUT2D eigenvalue weighted by Gasteiger charge is 2.38. The number of amides is 1. The maximum absolute atomic E-state index is 12.0. The molecule has 1 heterocycles. The molecule has 1 amide bonds. The van der Waals surface area contributed by atoms with Crippen LogP contribution in [0.1, 0.15) is 55.4 Å². The van der Waals surface area contributed by atoms with Gasteiger partial charge in [0.25, 0.3) is 0 Å². The van der Waals surface area contributed by atoms with E-state index in [1.54, 1.807) is 23.9 Å². The highest BCUT2D eigenvalue weighted by Crippen LogP contribution is 2.29. The first-order chi connectivity index (χ1) is 15.6. The van der Waals surface area contributed by atoms with E-state index in [2.05, 4.69) is 32.7 Å². The van der Waals surface area contributed by atoms with E-state index in [1.165, 1.54) is 13.2 Å². The molecule has 1 aromatic heterocycles. The summed E-state index contributed by atoms with van der Waals surface area (Å²) in [6.07, 6.45) is 2.49. The van der Waals surface area contributed by atoms with Crippen LogP contribution in [0.15, 0.2) is 36.9 Å². The first-order valence-corrected chi connectivity index (χ1v) is 10.8. The number of tetrazole rings is 1. The van der Waals surface area contributed by atoms with Crippen molar-refractivity contribution in [1.29, 1.82) is 0 Å². The molecule has 2 aromatic rings. The Morgan fingerprint density at radius 2 is 2.00 bits per heavy atom. The van der Waals surface area contributed by atoms with Crippen molar-refractivity contribution in [2.45, 2.75) is 57.8 Å². The lowest BCUT2D eigenvalue weighted by molar-refractivity contribution is -0.118. The molecule has 180 valence electrons. The second-order valence-electron chi connectivity index (χ2n) is 8.70. The van der Waals surface area contributed by atoms with E-state index in [0.717, 1.165) is 12.0 Å². The Kier molecular flexibility index (Phi) is 9.24. The van der Waals surface area contributed by atoms with E-state index in [9.17, 15) is 9.59 Å². The SMILES string of the molecule is C=CC(=O)NC(C)(C)CC(C)(NCc1cccc(C(=O)OC)c1)c1nnnn1CCCOC. The summed E-state index contributed by atoms with van der Waals surface area (Å²) in [5.41, 5.74) is 0.0666. The smallest absolute Gasteiger partial charge is 0.337 e. The van der Waals surface area contributed by atoms with Crippen molar-refractivity contribution in [2.75, 3.05) is 20.8 Å². The van der Waals surface area contributed by atoms with Crippen LogP contribution < -0.4 is 10.6 Å². The lowest BCUT2D eigenvalue weighted by atomic mass is 9.84. The van der Waals surface area contributed by atoms with Crippen LogP contribution in [0.5, 0.6) is 0 Å². The summed E-state index contributed by atoms with van der Waals surface area (Å²) in [5.74, 6) is -0.00793. The number of ether oxygens (including phenoxy) is 2. The van der Waals surface area contributed by atoms with Gasteiger partial charge < -0.3 is 20.1 Å². The van der Waals surface area contributed by atoms with Crippen molar-refractivity contribution in [3.05, 3.63) is 53.9 Å². The van der Waals surface area contributed by atoms with Gasteiger partial charge in [0.2, 0.25) is 5.91 Å². The highest BCUT2D eigenvalue weighted by atomic mass is 16.5. The van der Waals surface area contributed by atoms with Gasteiger partial charge in [-0.15, -0.1) is 5.10 Å². The molecule has 0 aliphatic heterocycles. The molecule has 0 fully saturated rings. The molecule has 0 saturated heterocycles. The molecule has 1 atom stereocenters. The summed E-state index contributed by atoms with van der Waals surface area (Å²) in [6, 6.07) is 7.22. The lowest BCUT2D eigenvalue weighted by Crippen LogP contribution is -2.52. The highest BCUT2D eigenvalue weighted by molar-refractivity contribution is 5.89. The fraction of sp³-hybridized carbons (Fsp3) is 0.522. The topological polar surface area (TPSA) is 120 Å². The van der Waals surface area contributed by atoms with E-state index in [4.69, 9.17) is 9.47 Å². The van der Waals surface area contributed by atoms with Crippen LogP contribution in [0.4, 0.5) is 0 Å². The van der Waals surface area contributed by atoms with Gasteiger partial charge in [-0.2, -0.15) is 0 Å². The van der Waals surface area contributed by atoms with Gasteiger partial charge in [0, 0.05) is 32.3 Å². The number of carbonyl (C=O) groups is 2. The van der Waals surface area contributed by atoms with Crippen LogP contribution >= 0.6 is 0 Å². The molecule has 10 nitrogen and oxygen atoms in total. The normalized spacial score (nSPS) is 13.2. The molecule has 0 aliphatic carbocycles. The van der Waals surface area contributed by atoms with E-state index in [-0.39, 0.29) is 5.91 Å². The molecular weight excluding hydrogens is 424 g/mol. The lowest BCUT2D eigenvalue weighted by Gasteiger charge is -2.38. The zero-order chi connectivity index (χ0) is 24.5. The fourth-order valence-electron chi connectivity index (χ4n) is 3.87. The summed E-state index contributed by atoms with van der Waals surface area (Å²) in [7, 11) is 3.01. The molecule has 33 heavy (non-hydrogen) atoms. The number of aromatic nitrogens is 4. The van der Waals surface area contributed by atoms with Crippen molar-refractivity contribution >= 4 is 11.9 Å². The zero-order valence-electron chi connectivity index (χ0n) is 20.1. The third-order valence-corrected chi connectivity index (χ3v) is 5.22. The number of aryl methyl sites for hydroxylation is 1. The van der Waals surface area contributed by atoms with Gasteiger partial charge in [-0.1, -0.05) is 18.7 Å². The number of esters is 1. The van der Waals surface area contributed by atoms with Crippen molar-refractivity contribution in [1.82, 2.24) is 30.8 Å². The molecular formula is C23H34N6O4. The Morgan fingerprint density at radius 1 is 1.24 bits per heavy atom. The first kappa shape index (κ1) is 26.1. The van der Waals surface area contributed by atoms with Crippen molar-refractivity contribution < 1.29 is 19.1 Å². The molecule has 0 saturated carbocycles. The maximum Gasteiger partial charge on any atom is 0.337 e. The second-order valence-corrected chi connectivity index (χ2v) is 8.70. The first-order valence-electron chi connectivity index (χ1n) is 10.8. The van der Waals surface area contributed by atoms with Gasteiger partial charge >= 0.3 is 5.97 Å². The molecule has 0 aliphatic rings. The predicted molar refractivity (Wildman–Crippen MR) is 123 cm³/mol. The number of carbonyl (C=O) groups excluding carboxylic acids is 2. The monoisotopic (exact) mass is 458 g/mol. The van der Waals surface area contributed by atoms with Crippen LogP contribution in [0.3, 0.4) is 0 Å². The van der Waals surface area contributed by atoms with Crippen molar-refractivity contribution in [3.8, 4) is 0 Å². The van der Waals surface area contributed by atoms with E-state index < -0.39 is 17.0 Å². The quantitative estimate of drug-likeness (QED) is 0.266. The minimum atomic E-state index is -0.713. The van der Waals surface area contributed by atoms with Gasteiger partial charge in [-0.25, -0.2) is 9.48 Å². The van der Waals surface area contributed by atoms with Crippen LogP contribution in [-0.2, 0) is 32.9 Å². The molecule has 0 bridgehead atoms. The molecule has 2 rings (SSSR count). The number of hydrogen-bond acceptors (Lipinski definition) is 8. The third-order valence-electron chi connectivity index (χ3n) is 5.22. The molecule has 1 aromatic carbocycles. The number of nitrogens with zero attached hydrogens (tertiary/aromatic N) is 4. The largest absolute Gasteiger partial charge is 0.465 e. The number of rotatable bonds is 13. The van der Waals surface area contributed by atoms with Crippen LogP contribution in [0, 0.1) is 0 Å². The summed E-state index contributed by atoms with van der Waals surface area (Å²) in [6.45, 7) is 11.0. The zero-order valence-corrected chi connectivity index (χ0v) is 20.1. The summed E-state index contributed by atoms with van der Waals surface area (Å²) in [5, 5.41) is 18.9. The number of methoxy groups -OCH3 is 2. The Morgan fingerprint density at radius 3 is 2.67 bits per heavy atom. The van der Waals surface area contributed by atoms with E-state index >= 15 is 0 Å². The Bertz CT molecular complexity index is 958. The van der Waals surface area contributed by atoms with E-state index in [0.29, 0.717) is 37.5 Å². The van der Waals surface area contributed by atoms with Gasteiger partial charge in [-0.3, -0.25) is 4.79 Å². The minimum Gasteiger partial charge on any atom is -0.465 e. The average Bonchev–Trinajstić information content (AvgIpc) is 3.26. The van der Waals surface area contributed by atoms with Gasteiger partial charge in [0.1, 0.15) is 0 Å². The standard InChI is InChI=1S/C23H34N6O4/c1-7-19(30)25-22(2,3)16-23(4,21-26-27-28-29(21)12-9-13-32-5)24-15-17-10-8-11-18(14-17)20(31)33-6/h7-8,10-11,14,24H,1,9,12-13,15-16H2,2-6H3,(H,25,30). The van der Waals surface area contributed by atoms with Crippen molar-refractivity contribution in [3.63, 3.8) is 0 Å². The number of nitrogens with one attached hydrogen (secondary N) is 2. The summed E-state index contributed by atoms with van der Waals surface area (Å²) in [4.78, 5) is 23.9. The van der Waals surface area contributed by atoms with Crippen LogP contribution in [0.2, 0.25) is 0 Å². The maximum atomic E-state index is 12.0. The third kappa shape index (κ3) is 7.47. The number of benzene rings is 1. The fourth-order valence-corrected chi connectivity index (χ4v) is 3.87. The average molecular weight is 459 g/mol. The predicted octanol–water partition coefficient (Wildman–Crippen LogP) is 1.97. The minimum absolute atomic E-state index is 0.257. The summed E-state index contributed by atoms with van der Waals surface area (Å²) < 4.78 is 11.7. The second kappa shape index (κ2) is 11.7. The molecule has 0 spiro atoms. The Balaban J connectivity index is 2.33. The molecule has 0 radical (unpaired) electrons. The molecule has 10 heteroatoms. The summed E-state index contributed by atoms with van der Waals surface area (Å²) >= 11 is 0. The Hall–Kier alpha value is -3.11. The Labute approximate surface area is 194 Å². The molecule has 1 unspecified atom stereocenters. The van der Waals surface area contributed by atoms with Crippen LogP contribution in [0.25, 0.3) is 0 Å². The van der Waals surface area contributed by atoms with Gasteiger partial charge in [-0.05, 0) is 67.8 Å². The van der Waals surface area contributed by atoms with Crippen molar-refractivity contribution in [2.24, 2.45) is 0 Å².